The van der Waals surface area contributed by atoms with E-state index < -0.39 is 23.8 Å². The first-order chi connectivity index (χ1) is 8.59. The fourth-order valence-electron chi connectivity index (χ4n) is 1.97. The molecule has 1 atom stereocenters. The van der Waals surface area contributed by atoms with Gasteiger partial charge in [-0.1, -0.05) is 0 Å². The number of rotatable bonds is 4. The van der Waals surface area contributed by atoms with Crippen LogP contribution in [0.5, 0.6) is 0 Å². The summed E-state index contributed by atoms with van der Waals surface area (Å²) in [6.07, 6.45) is 3.39. The van der Waals surface area contributed by atoms with Crippen LogP contribution in [0.1, 0.15) is 18.4 Å². The summed E-state index contributed by atoms with van der Waals surface area (Å²) in [4.78, 5) is 39.0. The van der Waals surface area contributed by atoms with Crippen molar-refractivity contribution in [2.45, 2.75) is 25.3 Å². The Morgan fingerprint density at radius 1 is 1.28 bits per heavy atom. The molecule has 0 bridgehead atoms. The number of imide groups is 1. The fourth-order valence-corrected chi connectivity index (χ4v) is 1.97. The van der Waals surface area contributed by atoms with Gasteiger partial charge in [-0.05, 0) is 17.7 Å². The van der Waals surface area contributed by atoms with Gasteiger partial charge < -0.3 is 5.11 Å². The van der Waals surface area contributed by atoms with Gasteiger partial charge in [-0.25, -0.2) is 4.79 Å². The molecule has 0 saturated carbocycles. The predicted molar refractivity (Wildman–Crippen MR) is 60.5 cm³/mol. The maximum Gasteiger partial charge on any atom is 0.327 e. The van der Waals surface area contributed by atoms with E-state index in [1.54, 1.807) is 24.5 Å². The Labute approximate surface area is 103 Å². The summed E-state index contributed by atoms with van der Waals surface area (Å²) in [5.41, 5.74) is 0.727. The molecule has 6 nitrogen and oxygen atoms in total. The number of carboxylic acids is 1. The fraction of sp³-hybridized carbons (Fsp3) is 0.333. The zero-order valence-electron chi connectivity index (χ0n) is 9.57. The molecule has 1 aliphatic rings. The average Bonchev–Trinajstić information content (AvgIpc) is 2.67. The molecule has 1 unspecified atom stereocenters. The molecule has 1 fully saturated rings. The number of carbonyl (C=O) groups is 3. The van der Waals surface area contributed by atoms with Crippen LogP contribution in [0.4, 0.5) is 0 Å². The van der Waals surface area contributed by atoms with Gasteiger partial charge in [0.15, 0.2) is 0 Å². The Morgan fingerprint density at radius 2 is 1.83 bits per heavy atom. The highest BCUT2D eigenvalue weighted by atomic mass is 16.4. The lowest BCUT2D eigenvalue weighted by atomic mass is 10.1. The Hall–Kier alpha value is -2.24. The van der Waals surface area contributed by atoms with Crippen molar-refractivity contribution in [3.63, 3.8) is 0 Å². The van der Waals surface area contributed by atoms with E-state index in [9.17, 15) is 14.4 Å². The average molecular weight is 248 g/mol. The van der Waals surface area contributed by atoms with E-state index >= 15 is 0 Å². The molecule has 1 saturated heterocycles. The van der Waals surface area contributed by atoms with Crippen LogP contribution in [0.2, 0.25) is 0 Å². The van der Waals surface area contributed by atoms with Crippen LogP contribution >= 0.6 is 0 Å². The van der Waals surface area contributed by atoms with E-state index in [0.717, 1.165) is 10.5 Å². The van der Waals surface area contributed by atoms with Gasteiger partial charge in [0.1, 0.15) is 6.04 Å². The third kappa shape index (κ3) is 2.37. The number of hydrogen-bond acceptors (Lipinski definition) is 4. The smallest absolute Gasteiger partial charge is 0.327 e. The molecule has 2 rings (SSSR count). The number of aromatic nitrogens is 1. The number of amides is 2. The highest BCUT2D eigenvalue weighted by Crippen LogP contribution is 2.18. The number of hydrogen-bond donors (Lipinski definition) is 1. The van der Waals surface area contributed by atoms with Gasteiger partial charge in [0, 0.05) is 31.7 Å². The number of carboxylic acid groups (broad SMARTS) is 1. The van der Waals surface area contributed by atoms with E-state index in [2.05, 4.69) is 4.98 Å². The van der Waals surface area contributed by atoms with Crippen LogP contribution in [0.25, 0.3) is 0 Å². The van der Waals surface area contributed by atoms with E-state index in [-0.39, 0.29) is 19.3 Å². The van der Waals surface area contributed by atoms with Crippen LogP contribution in [0.3, 0.4) is 0 Å². The summed E-state index contributed by atoms with van der Waals surface area (Å²) in [6, 6.07) is 2.21. The first kappa shape index (κ1) is 12.2. The molecule has 18 heavy (non-hydrogen) atoms. The topological polar surface area (TPSA) is 87.6 Å². The van der Waals surface area contributed by atoms with E-state index in [4.69, 9.17) is 5.11 Å². The van der Waals surface area contributed by atoms with Crippen molar-refractivity contribution in [1.82, 2.24) is 9.88 Å². The van der Waals surface area contributed by atoms with Gasteiger partial charge in [-0.15, -0.1) is 0 Å². The molecule has 1 N–H and O–H groups in total. The molecule has 94 valence electrons. The molecule has 0 spiro atoms. The second-order valence-corrected chi connectivity index (χ2v) is 4.07. The maximum absolute atomic E-state index is 11.6. The molecule has 1 aromatic heterocycles. The van der Waals surface area contributed by atoms with Crippen LogP contribution in [0.15, 0.2) is 24.5 Å². The summed E-state index contributed by atoms with van der Waals surface area (Å²) < 4.78 is 0. The summed E-state index contributed by atoms with van der Waals surface area (Å²) >= 11 is 0. The number of carbonyl (C=O) groups excluding carboxylic acids is 2. The molecule has 1 aromatic rings. The first-order valence-corrected chi connectivity index (χ1v) is 5.56. The Morgan fingerprint density at radius 3 is 2.33 bits per heavy atom. The van der Waals surface area contributed by atoms with Crippen molar-refractivity contribution in [3.05, 3.63) is 30.1 Å². The van der Waals surface area contributed by atoms with Gasteiger partial charge in [-0.2, -0.15) is 0 Å². The molecular weight excluding hydrogens is 236 g/mol. The first-order valence-electron chi connectivity index (χ1n) is 5.56. The van der Waals surface area contributed by atoms with E-state index in [1.165, 1.54) is 0 Å². The summed E-state index contributed by atoms with van der Waals surface area (Å²) in [7, 11) is 0. The summed E-state index contributed by atoms with van der Waals surface area (Å²) in [5, 5.41) is 9.17. The van der Waals surface area contributed by atoms with Crippen LogP contribution in [0, 0.1) is 0 Å². The minimum absolute atomic E-state index is 0.0962. The van der Waals surface area contributed by atoms with Gasteiger partial charge >= 0.3 is 5.97 Å². The van der Waals surface area contributed by atoms with E-state index in [0.29, 0.717) is 0 Å². The van der Waals surface area contributed by atoms with Crippen molar-refractivity contribution in [1.29, 1.82) is 0 Å². The Balaban J connectivity index is 2.21. The summed E-state index contributed by atoms with van der Waals surface area (Å²) in [6.45, 7) is 0. The van der Waals surface area contributed by atoms with Gasteiger partial charge in [0.25, 0.3) is 0 Å². The van der Waals surface area contributed by atoms with E-state index in [1.807, 2.05) is 0 Å². The third-order valence-corrected chi connectivity index (χ3v) is 2.87. The number of nitrogens with zero attached hydrogens (tertiary/aromatic N) is 2. The maximum atomic E-state index is 11.6. The van der Waals surface area contributed by atoms with Gasteiger partial charge in [-0.3, -0.25) is 19.5 Å². The molecule has 2 amide bonds. The highest BCUT2D eigenvalue weighted by molar-refractivity contribution is 6.04. The van der Waals surface area contributed by atoms with Crippen molar-refractivity contribution < 1.29 is 19.5 Å². The monoisotopic (exact) mass is 248 g/mol. The van der Waals surface area contributed by atoms with Crippen LogP contribution in [-0.4, -0.2) is 38.8 Å². The lowest BCUT2D eigenvalue weighted by molar-refractivity contribution is -0.154. The van der Waals surface area contributed by atoms with Crippen molar-refractivity contribution in [3.8, 4) is 0 Å². The molecule has 0 radical (unpaired) electrons. The lowest BCUT2D eigenvalue weighted by Crippen LogP contribution is -2.45. The second kappa shape index (κ2) is 4.95. The zero-order chi connectivity index (χ0) is 13.1. The molecule has 0 aliphatic carbocycles. The molecular formula is C12H12N2O4. The molecule has 1 aliphatic heterocycles. The van der Waals surface area contributed by atoms with Crippen molar-refractivity contribution >= 4 is 17.8 Å². The lowest BCUT2D eigenvalue weighted by Gasteiger charge is -2.22. The predicted octanol–water partition coefficient (Wildman–Crippen LogP) is 0.226. The Bertz CT molecular complexity index is 470. The minimum atomic E-state index is -1.17. The molecule has 2 heterocycles. The van der Waals surface area contributed by atoms with Gasteiger partial charge in [0.2, 0.25) is 11.8 Å². The van der Waals surface area contributed by atoms with Crippen LogP contribution < -0.4 is 0 Å². The standard InChI is InChI=1S/C12H12N2O4/c15-10-1-2-11(16)14(10)9(12(17)18)7-8-3-5-13-6-4-8/h3-6,9H,1-2,7H2,(H,17,18). The number of pyridine rings is 1. The largest absolute Gasteiger partial charge is 0.480 e. The summed E-state index contributed by atoms with van der Waals surface area (Å²) in [5.74, 6) is -2.00. The van der Waals surface area contributed by atoms with Crippen LogP contribution in [-0.2, 0) is 20.8 Å². The zero-order valence-corrected chi connectivity index (χ0v) is 9.57. The van der Waals surface area contributed by atoms with Crippen molar-refractivity contribution in [2.24, 2.45) is 0 Å². The van der Waals surface area contributed by atoms with Gasteiger partial charge in [0.05, 0.1) is 0 Å². The van der Waals surface area contributed by atoms with Crippen molar-refractivity contribution in [2.75, 3.05) is 0 Å². The number of likely N-dealkylation sites (tertiary alicyclic amines) is 1. The highest BCUT2D eigenvalue weighted by Gasteiger charge is 2.38. The normalized spacial score (nSPS) is 17.0. The molecule has 6 heteroatoms. The minimum Gasteiger partial charge on any atom is -0.480 e. The second-order valence-electron chi connectivity index (χ2n) is 4.07. The third-order valence-electron chi connectivity index (χ3n) is 2.87. The number of aliphatic carboxylic acids is 1. The molecule has 0 aromatic carbocycles. The SMILES string of the molecule is O=C(O)C(Cc1ccncc1)N1C(=O)CCC1=O. The quantitative estimate of drug-likeness (QED) is 0.770. The Kier molecular flexibility index (Phi) is 3.36.